The quantitative estimate of drug-likeness (QED) is 0.806. The van der Waals surface area contributed by atoms with E-state index in [0.717, 1.165) is 31.5 Å². The summed E-state index contributed by atoms with van der Waals surface area (Å²) in [5.41, 5.74) is -1.30. The molecule has 1 amide bonds. The highest BCUT2D eigenvalue weighted by atomic mass is 35.5. The fourth-order valence-corrected chi connectivity index (χ4v) is 3.01. The van der Waals surface area contributed by atoms with E-state index in [1.807, 2.05) is 0 Å². The number of halogens is 4. The van der Waals surface area contributed by atoms with Gasteiger partial charge in [0.05, 0.1) is 11.3 Å². The first kappa shape index (κ1) is 21.9. The fraction of sp³-hybridized carbons (Fsp3) is 0.389. The minimum Gasteiger partial charge on any atom is -0.347 e. The highest BCUT2D eigenvalue weighted by Crippen LogP contribution is 2.30. The number of piperidine rings is 1. The van der Waals surface area contributed by atoms with Crippen molar-refractivity contribution in [1.29, 1.82) is 0 Å². The van der Waals surface area contributed by atoms with E-state index in [1.165, 1.54) is 22.9 Å². The third-order valence-corrected chi connectivity index (χ3v) is 4.37. The van der Waals surface area contributed by atoms with Crippen molar-refractivity contribution in [2.45, 2.75) is 32.0 Å². The van der Waals surface area contributed by atoms with Crippen LogP contribution in [0.5, 0.6) is 0 Å². The maximum absolute atomic E-state index is 13.0. The normalized spacial score (nSPS) is 16.9. The van der Waals surface area contributed by atoms with Crippen molar-refractivity contribution in [2.24, 2.45) is 0 Å². The van der Waals surface area contributed by atoms with Gasteiger partial charge in [-0.1, -0.05) is 6.07 Å². The van der Waals surface area contributed by atoms with E-state index in [4.69, 9.17) is 0 Å². The molecular weight excluding hydrogens is 397 g/mol. The summed E-state index contributed by atoms with van der Waals surface area (Å²) in [6, 6.07) is 5.65. The first-order chi connectivity index (χ1) is 12.8. The average Bonchev–Trinajstić information content (AvgIpc) is 2.62. The van der Waals surface area contributed by atoms with E-state index in [-0.39, 0.29) is 29.8 Å². The van der Waals surface area contributed by atoms with Crippen molar-refractivity contribution >= 4 is 18.3 Å². The summed E-state index contributed by atoms with van der Waals surface area (Å²) in [5, 5.41) is 9.94. The molecular formula is C18H20ClF3N4O2. The molecule has 28 heavy (non-hydrogen) atoms. The average molecular weight is 417 g/mol. The third-order valence-electron chi connectivity index (χ3n) is 4.37. The van der Waals surface area contributed by atoms with Gasteiger partial charge in [0.25, 0.3) is 5.91 Å². The Hall–Kier alpha value is -2.39. The SMILES string of the molecule is Cc1cc(=O)c(C(=O)NC2CCCNC2)nn1-c1cccc(C(F)(F)F)c1.Cl. The van der Waals surface area contributed by atoms with Gasteiger partial charge in [0.1, 0.15) is 0 Å². The van der Waals surface area contributed by atoms with E-state index in [9.17, 15) is 22.8 Å². The summed E-state index contributed by atoms with van der Waals surface area (Å²) in [6.07, 6.45) is -2.82. The molecule has 1 aromatic heterocycles. The predicted octanol–water partition coefficient (Wildman–Crippen LogP) is 2.46. The molecule has 1 atom stereocenters. The van der Waals surface area contributed by atoms with Crippen LogP contribution in [-0.4, -0.2) is 34.8 Å². The molecule has 1 fully saturated rings. The van der Waals surface area contributed by atoms with Gasteiger partial charge in [-0.25, -0.2) is 4.68 Å². The zero-order valence-corrected chi connectivity index (χ0v) is 15.9. The second kappa shape index (κ2) is 8.74. The van der Waals surface area contributed by atoms with Gasteiger partial charge >= 0.3 is 6.18 Å². The van der Waals surface area contributed by atoms with Gasteiger partial charge in [-0.3, -0.25) is 9.59 Å². The number of benzene rings is 1. The second-order valence-electron chi connectivity index (χ2n) is 6.48. The smallest absolute Gasteiger partial charge is 0.347 e. The molecule has 1 saturated heterocycles. The van der Waals surface area contributed by atoms with Crippen LogP contribution in [-0.2, 0) is 6.18 Å². The van der Waals surface area contributed by atoms with Gasteiger partial charge < -0.3 is 10.6 Å². The highest BCUT2D eigenvalue weighted by Gasteiger charge is 2.30. The van der Waals surface area contributed by atoms with Crippen LogP contribution >= 0.6 is 12.4 Å². The van der Waals surface area contributed by atoms with E-state index in [0.29, 0.717) is 12.2 Å². The summed E-state index contributed by atoms with van der Waals surface area (Å²) in [6.45, 7) is 3.01. The van der Waals surface area contributed by atoms with Crippen molar-refractivity contribution in [2.75, 3.05) is 13.1 Å². The fourth-order valence-electron chi connectivity index (χ4n) is 3.01. The summed E-state index contributed by atoms with van der Waals surface area (Å²) >= 11 is 0. The van der Waals surface area contributed by atoms with Crippen molar-refractivity contribution in [3.63, 3.8) is 0 Å². The van der Waals surface area contributed by atoms with Crippen LogP contribution in [0, 0.1) is 6.92 Å². The van der Waals surface area contributed by atoms with Gasteiger partial charge in [-0.05, 0) is 44.5 Å². The molecule has 3 rings (SSSR count). The first-order valence-corrected chi connectivity index (χ1v) is 8.56. The standard InChI is InChI=1S/C18H19F3N4O2.ClH/c1-11-8-15(26)16(17(27)23-13-5-3-7-22-10-13)24-25(11)14-6-2-4-12(9-14)18(19,20)21;/h2,4,6,8-9,13,22H,3,5,7,10H2,1H3,(H,23,27);1H. The molecule has 0 saturated carbocycles. The number of aryl methyl sites for hydroxylation is 1. The molecule has 1 aromatic carbocycles. The molecule has 10 heteroatoms. The largest absolute Gasteiger partial charge is 0.416 e. The first-order valence-electron chi connectivity index (χ1n) is 8.56. The lowest BCUT2D eigenvalue weighted by Gasteiger charge is -2.23. The number of rotatable bonds is 3. The van der Waals surface area contributed by atoms with Crippen molar-refractivity contribution in [3.05, 3.63) is 57.5 Å². The molecule has 6 nitrogen and oxygen atoms in total. The van der Waals surface area contributed by atoms with Crippen LogP contribution in [0.2, 0.25) is 0 Å². The molecule has 1 aliphatic heterocycles. The molecule has 152 valence electrons. The Morgan fingerprint density at radius 2 is 2.07 bits per heavy atom. The summed E-state index contributed by atoms with van der Waals surface area (Å²) in [5.74, 6) is -0.630. The number of alkyl halides is 3. The lowest BCUT2D eigenvalue weighted by Crippen LogP contribution is -2.47. The maximum Gasteiger partial charge on any atom is 0.416 e. The molecule has 2 aromatic rings. The molecule has 0 spiro atoms. The van der Waals surface area contributed by atoms with Crippen LogP contribution in [0.1, 0.15) is 34.6 Å². The van der Waals surface area contributed by atoms with E-state index in [1.54, 1.807) is 6.92 Å². The number of hydrogen-bond donors (Lipinski definition) is 2. The predicted molar refractivity (Wildman–Crippen MR) is 100 cm³/mol. The van der Waals surface area contributed by atoms with Crippen molar-refractivity contribution in [1.82, 2.24) is 20.4 Å². The zero-order chi connectivity index (χ0) is 19.6. The third kappa shape index (κ3) is 4.90. The Labute approximate surface area is 165 Å². The van der Waals surface area contributed by atoms with Gasteiger partial charge in [0, 0.05) is 24.3 Å². The number of carbonyl (C=O) groups excluding carboxylic acids is 1. The molecule has 0 bridgehead atoms. The summed E-state index contributed by atoms with van der Waals surface area (Å²) in [4.78, 5) is 24.7. The Bertz CT molecular complexity index is 908. The Balaban J connectivity index is 0.00000280. The monoisotopic (exact) mass is 416 g/mol. The van der Waals surface area contributed by atoms with Crippen molar-refractivity contribution < 1.29 is 18.0 Å². The zero-order valence-electron chi connectivity index (χ0n) is 15.0. The molecule has 1 aliphatic rings. The van der Waals surface area contributed by atoms with Gasteiger partial charge in [-0.2, -0.15) is 18.3 Å². The van der Waals surface area contributed by atoms with Crippen LogP contribution < -0.4 is 16.1 Å². The van der Waals surface area contributed by atoms with Crippen LogP contribution in [0.3, 0.4) is 0 Å². The van der Waals surface area contributed by atoms with Crippen LogP contribution in [0.25, 0.3) is 5.69 Å². The number of nitrogens with zero attached hydrogens (tertiary/aromatic N) is 2. The highest BCUT2D eigenvalue weighted by molar-refractivity contribution is 5.92. The molecule has 0 radical (unpaired) electrons. The van der Waals surface area contributed by atoms with Crippen LogP contribution in [0.15, 0.2) is 35.1 Å². The number of nitrogens with one attached hydrogen (secondary N) is 2. The van der Waals surface area contributed by atoms with E-state index < -0.39 is 23.1 Å². The Morgan fingerprint density at radius 1 is 1.32 bits per heavy atom. The Morgan fingerprint density at radius 3 is 2.71 bits per heavy atom. The number of carbonyl (C=O) groups is 1. The Kier molecular flexibility index (Phi) is 6.84. The topological polar surface area (TPSA) is 76.0 Å². The molecule has 0 aliphatic carbocycles. The maximum atomic E-state index is 13.0. The minimum atomic E-state index is -4.50. The van der Waals surface area contributed by atoms with Gasteiger partial charge in [0.15, 0.2) is 5.69 Å². The minimum absolute atomic E-state index is 0. The van der Waals surface area contributed by atoms with Gasteiger partial charge in [0.2, 0.25) is 5.43 Å². The molecule has 2 N–H and O–H groups in total. The molecule has 1 unspecified atom stereocenters. The van der Waals surface area contributed by atoms with E-state index in [2.05, 4.69) is 15.7 Å². The number of amides is 1. The second-order valence-corrected chi connectivity index (χ2v) is 6.48. The molecule has 2 heterocycles. The summed E-state index contributed by atoms with van der Waals surface area (Å²) in [7, 11) is 0. The lowest BCUT2D eigenvalue weighted by molar-refractivity contribution is -0.137. The number of aromatic nitrogens is 2. The lowest BCUT2D eigenvalue weighted by atomic mass is 10.1. The number of hydrogen-bond acceptors (Lipinski definition) is 4. The summed E-state index contributed by atoms with van der Waals surface area (Å²) < 4.78 is 40.1. The van der Waals surface area contributed by atoms with Crippen LogP contribution in [0.4, 0.5) is 13.2 Å². The van der Waals surface area contributed by atoms with Gasteiger partial charge in [-0.15, -0.1) is 12.4 Å². The van der Waals surface area contributed by atoms with E-state index >= 15 is 0 Å². The van der Waals surface area contributed by atoms with Crippen molar-refractivity contribution in [3.8, 4) is 5.69 Å².